The molecule has 2 aliphatic carbocycles. The summed E-state index contributed by atoms with van der Waals surface area (Å²) in [5, 5.41) is 4.63. The Labute approximate surface area is 284 Å². The normalized spacial score (nSPS) is 29.2. The third-order valence-corrected chi connectivity index (χ3v) is 11.6. The number of hydrogen-bond donors (Lipinski definition) is 3. The molecule has 3 fully saturated rings. The average molecular weight is 704 g/mol. The van der Waals surface area contributed by atoms with Crippen LogP contribution in [0.3, 0.4) is 0 Å². The van der Waals surface area contributed by atoms with E-state index in [9.17, 15) is 36.8 Å². The van der Waals surface area contributed by atoms with Gasteiger partial charge in [-0.25, -0.2) is 22.4 Å². The number of carbonyl (C=O) groups excluding carboxylic acids is 5. The highest BCUT2D eigenvalue weighted by Crippen LogP contribution is 2.46. The summed E-state index contributed by atoms with van der Waals surface area (Å²) >= 11 is 0. The number of amides is 5. The van der Waals surface area contributed by atoms with Crippen molar-refractivity contribution in [2.75, 3.05) is 19.8 Å². The van der Waals surface area contributed by atoms with Crippen molar-refractivity contribution in [3.05, 3.63) is 47.5 Å². The van der Waals surface area contributed by atoms with Gasteiger partial charge in [-0.1, -0.05) is 49.3 Å². The summed E-state index contributed by atoms with van der Waals surface area (Å²) in [6, 6.07) is 5.27. The van der Waals surface area contributed by atoms with Gasteiger partial charge in [-0.15, -0.1) is 0 Å². The molecule has 1 aromatic rings. The van der Waals surface area contributed by atoms with Gasteiger partial charge in [0.1, 0.15) is 37.0 Å². The molecule has 0 radical (unpaired) electrons. The number of rotatable bonds is 7. The zero-order chi connectivity index (χ0) is 34.8. The standard InChI is InChI=1S/C33H42FN5O9S/c34-14-15-47-31(43)35-26-11-5-3-1-2-4-10-23-17-33(23,30(42)37-49(45,46)25-12-13-25)36-28(40)27-16-24(20-39(27)29(26)41)48-32(44)38-18-21-8-6-7-9-22(21)19-38/h4,6-10,23-27H,1-3,5,11-20H2,(H,35,43)(H,36,40)(H,37,42)/b10-4+/t23-,24-,26+,27+,33-/m1/s1. The second-order valence-corrected chi connectivity index (χ2v) is 15.4. The molecule has 5 amide bonds. The van der Waals surface area contributed by atoms with Crippen LogP contribution < -0.4 is 15.4 Å². The molecule has 1 saturated heterocycles. The third-order valence-electron chi connectivity index (χ3n) is 9.81. The Balaban J connectivity index is 1.24. The average Bonchev–Trinajstić information content (AvgIpc) is 3.96. The smallest absolute Gasteiger partial charge is 0.410 e. The molecule has 1 aromatic carbocycles. The second kappa shape index (κ2) is 14.3. The highest BCUT2D eigenvalue weighted by molar-refractivity contribution is 7.91. The minimum atomic E-state index is -3.91. The second-order valence-electron chi connectivity index (χ2n) is 13.4. The van der Waals surface area contributed by atoms with Crippen LogP contribution in [0.1, 0.15) is 68.9 Å². The monoisotopic (exact) mass is 703 g/mol. The fourth-order valence-electron chi connectivity index (χ4n) is 6.84. The molecule has 49 heavy (non-hydrogen) atoms. The van der Waals surface area contributed by atoms with Crippen LogP contribution in [0.4, 0.5) is 14.0 Å². The van der Waals surface area contributed by atoms with Gasteiger partial charge in [-0.2, -0.15) is 0 Å². The van der Waals surface area contributed by atoms with Gasteiger partial charge in [-0.3, -0.25) is 24.0 Å². The van der Waals surface area contributed by atoms with Gasteiger partial charge in [0, 0.05) is 25.4 Å². The van der Waals surface area contributed by atoms with Gasteiger partial charge in [0.05, 0.1) is 11.8 Å². The van der Waals surface area contributed by atoms with Gasteiger partial charge < -0.3 is 25.0 Å². The minimum absolute atomic E-state index is 0.0955. The van der Waals surface area contributed by atoms with E-state index in [-0.39, 0.29) is 25.8 Å². The molecule has 5 atom stereocenters. The number of carbonyl (C=O) groups is 5. The summed E-state index contributed by atoms with van der Waals surface area (Å²) in [6.07, 6.45) is 5.01. The summed E-state index contributed by atoms with van der Waals surface area (Å²) in [5.74, 6) is -2.65. The molecule has 5 aliphatic rings. The van der Waals surface area contributed by atoms with Crippen molar-refractivity contribution in [3.8, 4) is 0 Å². The van der Waals surface area contributed by atoms with Crippen LogP contribution in [0.5, 0.6) is 0 Å². The lowest BCUT2D eigenvalue weighted by Crippen LogP contribution is -2.58. The number of nitrogens with zero attached hydrogens (tertiary/aromatic N) is 2. The van der Waals surface area contributed by atoms with E-state index in [1.54, 1.807) is 0 Å². The largest absolute Gasteiger partial charge is 0.447 e. The number of alkyl carbamates (subject to hydrolysis) is 1. The highest BCUT2D eigenvalue weighted by atomic mass is 32.2. The van der Waals surface area contributed by atoms with Crippen LogP contribution >= 0.6 is 0 Å². The van der Waals surface area contributed by atoms with Crippen LogP contribution in [0.25, 0.3) is 0 Å². The molecule has 16 heteroatoms. The lowest BCUT2D eigenvalue weighted by molar-refractivity contribution is -0.141. The van der Waals surface area contributed by atoms with Crippen molar-refractivity contribution >= 4 is 39.9 Å². The molecule has 0 unspecified atom stereocenters. The molecule has 0 aromatic heterocycles. The molecular formula is C33H42FN5O9S. The van der Waals surface area contributed by atoms with Crippen LogP contribution in [-0.4, -0.2) is 96.9 Å². The van der Waals surface area contributed by atoms with E-state index in [1.165, 1.54) is 9.80 Å². The van der Waals surface area contributed by atoms with Crippen molar-refractivity contribution in [2.24, 2.45) is 5.92 Å². The maximum Gasteiger partial charge on any atom is 0.410 e. The first-order valence-electron chi connectivity index (χ1n) is 16.9. The van der Waals surface area contributed by atoms with Gasteiger partial charge in [-0.05, 0) is 49.7 Å². The lowest BCUT2D eigenvalue weighted by Gasteiger charge is -2.29. The van der Waals surface area contributed by atoms with E-state index in [1.807, 2.05) is 36.4 Å². The fraction of sp³-hybridized carbons (Fsp3) is 0.606. The molecule has 2 saturated carbocycles. The first kappa shape index (κ1) is 34.6. The summed E-state index contributed by atoms with van der Waals surface area (Å²) in [5.41, 5.74) is 0.429. The predicted octanol–water partition coefficient (Wildman–Crippen LogP) is 2.18. The van der Waals surface area contributed by atoms with Crippen LogP contribution in [0, 0.1) is 5.92 Å². The summed E-state index contributed by atoms with van der Waals surface area (Å²) in [6.45, 7) is -0.871. The SMILES string of the molecule is O=C(N[C@H]1CCCCC/C=C/[C@@H]2C[C@@]2(C(=O)NS(=O)(=O)C2CC2)NC(=O)[C@@H]2C[C@@H](OC(=O)N3Cc4ccccc4C3)CN2C1=O)OCCF. The maximum absolute atomic E-state index is 14.1. The quantitative estimate of drug-likeness (QED) is 0.359. The van der Waals surface area contributed by atoms with E-state index in [0.717, 1.165) is 17.5 Å². The Morgan fingerprint density at radius 3 is 2.47 bits per heavy atom. The van der Waals surface area contributed by atoms with Crippen molar-refractivity contribution in [1.29, 1.82) is 0 Å². The number of halogens is 1. The summed E-state index contributed by atoms with van der Waals surface area (Å²) in [4.78, 5) is 70.2. The number of hydrogen-bond acceptors (Lipinski definition) is 9. The first-order valence-corrected chi connectivity index (χ1v) is 18.4. The Bertz CT molecular complexity index is 1590. The molecule has 6 rings (SSSR count). The fourth-order valence-corrected chi connectivity index (χ4v) is 8.21. The topological polar surface area (TPSA) is 181 Å². The number of benzene rings is 1. The van der Waals surface area contributed by atoms with E-state index in [4.69, 9.17) is 9.47 Å². The first-order chi connectivity index (χ1) is 23.5. The molecule has 14 nitrogen and oxygen atoms in total. The molecule has 266 valence electrons. The van der Waals surface area contributed by atoms with Crippen LogP contribution in [0.15, 0.2) is 36.4 Å². The van der Waals surface area contributed by atoms with Crippen molar-refractivity contribution in [3.63, 3.8) is 0 Å². The van der Waals surface area contributed by atoms with E-state index < -0.39 is 88.1 Å². The predicted molar refractivity (Wildman–Crippen MR) is 172 cm³/mol. The zero-order valence-corrected chi connectivity index (χ0v) is 27.9. The zero-order valence-electron chi connectivity index (χ0n) is 27.1. The Kier molecular flexibility index (Phi) is 10.1. The Hall–Kier alpha value is -4.21. The van der Waals surface area contributed by atoms with Crippen molar-refractivity contribution < 1.29 is 46.3 Å². The summed E-state index contributed by atoms with van der Waals surface area (Å²) in [7, 11) is -3.91. The molecule has 0 bridgehead atoms. The van der Waals surface area contributed by atoms with Gasteiger partial charge >= 0.3 is 12.2 Å². The molecule has 0 spiro atoms. The van der Waals surface area contributed by atoms with Gasteiger partial charge in [0.15, 0.2) is 0 Å². The minimum Gasteiger partial charge on any atom is -0.447 e. The molecule has 3 aliphatic heterocycles. The molecule has 3 heterocycles. The van der Waals surface area contributed by atoms with Gasteiger partial charge in [0.2, 0.25) is 21.8 Å². The number of nitrogens with one attached hydrogen (secondary N) is 3. The van der Waals surface area contributed by atoms with Crippen LogP contribution in [0.2, 0.25) is 0 Å². The van der Waals surface area contributed by atoms with Crippen molar-refractivity contribution in [1.82, 2.24) is 25.2 Å². The molecular weight excluding hydrogens is 661 g/mol. The highest BCUT2D eigenvalue weighted by Gasteiger charge is 2.62. The maximum atomic E-state index is 14.1. The lowest BCUT2D eigenvalue weighted by atomic mass is 10.1. The van der Waals surface area contributed by atoms with E-state index in [2.05, 4.69) is 15.4 Å². The van der Waals surface area contributed by atoms with Gasteiger partial charge in [0.25, 0.3) is 5.91 Å². The number of allylic oxidation sites excluding steroid dienone is 1. The number of sulfonamides is 1. The Morgan fingerprint density at radius 1 is 1.04 bits per heavy atom. The van der Waals surface area contributed by atoms with Crippen LogP contribution in [-0.2, 0) is 47.0 Å². The summed E-state index contributed by atoms with van der Waals surface area (Å²) < 4.78 is 50.9. The number of alkyl halides is 1. The van der Waals surface area contributed by atoms with Crippen molar-refractivity contribution in [2.45, 2.75) is 99.9 Å². The number of ether oxygens (including phenoxy) is 2. The van der Waals surface area contributed by atoms with E-state index in [0.29, 0.717) is 45.2 Å². The third kappa shape index (κ3) is 7.84. The Morgan fingerprint density at radius 2 is 1.78 bits per heavy atom. The van der Waals surface area contributed by atoms with E-state index >= 15 is 0 Å². The molecule has 3 N–H and O–H groups in total. The number of fused-ring (bicyclic) bond motifs is 3.